The van der Waals surface area contributed by atoms with Crippen molar-refractivity contribution in [1.29, 1.82) is 0 Å². The van der Waals surface area contributed by atoms with Crippen molar-refractivity contribution in [2.75, 3.05) is 14.1 Å². The number of hydrogen-bond acceptors (Lipinski definition) is 5. The van der Waals surface area contributed by atoms with E-state index in [4.69, 9.17) is 4.99 Å². The summed E-state index contributed by atoms with van der Waals surface area (Å²) in [7, 11) is -0.713. The zero-order valence-electron chi connectivity index (χ0n) is 18.4. The maximum Gasteiger partial charge on any atom is 0.287 e. The lowest BCUT2D eigenvalue weighted by molar-refractivity contribution is 0.593. The summed E-state index contributed by atoms with van der Waals surface area (Å²) in [6, 6.07) is 20.8. The van der Waals surface area contributed by atoms with E-state index >= 15 is 0 Å². The third-order valence-electron chi connectivity index (χ3n) is 4.62. The molecule has 0 aliphatic heterocycles. The van der Waals surface area contributed by atoms with Gasteiger partial charge in [-0.2, -0.15) is 13.5 Å². The molecule has 2 aromatic carbocycles. The fourth-order valence-electron chi connectivity index (χ4n) is 3.10. The van der Waals surface area contributed by atoms with Gasteiger partial charge in [0.2, 0.25) is 0 Å². The standard InChI is InChI=1S/C24H21BrN6O2S/c1-30(2)17-28-34(32,33)22-13-21(15-26-24(22)31-16-20(25)14-27-31)29-23(18-9-5-3-6-10-18)19-11-7-4-8-12-19/h3-17H,1-2H3/b28-17-. The van der Waals surface area contributed by atoms with Crippen LogP contribution < -0.4 is 0 Å². The first-order valence-corrected chi connectivity index (χ1v) is 12.4. The number of aromatic nitrogens is 3. The third-order valence-corrected chi connectivity index (χ3v) is 6.25. The van der Waals surface area contributed by atoms with Gasteiger partial charge in [0.25, 0.3) is 10.0 Å². The summed E-state index contributed by atoms with van der Waals surface area (Å²) in [5.41, 5.74) is 2.85. The van der Waals surface area contributed by atoms with E-state index in [9.17, 15) is 8.42 Å². The molecular weight excluding hydrogens is 516 g/mol. The van der Waals surface area contributed by atoms with Crippen LogP contribution in [0.2, 0.25) is 0 Å². The number of benzene rings is 2. The predicted octanol–water partition coefficient (Wildman–Crippen LogP) is 4.48. The Morgan fingerprint density at radius 2 is 1.62 bits per heavy atom. The first-order chi connectivity index (χ1) is 16.3. The Morgan fingerprint density at radius 3 is 2.15 bits per heavy atom. The number of aliphatic imine (C=N–C) groups is 1. The molecule has 8 nitrogen and oxygen atoms in total. The van der Waals surface area contributed by atoms with Gasteiger partial charge >= 0.3 is 0 Å². The van der Waals surface area contributed by atoms with Gasteiger partial charge in [-0.15, -0.1) is 4.40 Å². The van der Waals surface area contributed by atoms with Crippen molar-refractivity contribution in [1.82, 2.24) is 19.7 Å². The van der Waals surface area contributed by atoms with Crippen LogP contribution in [0.15, 0.2) is 104 Å². The van der Waals surface area contributed by atoms with Crippen LogP contribution in [0.4, 0.5) is 5.69 Å². The highest BCUT2D eigenvalue weighted by Gasteiger charge is 2.22. The fourth-order valence-corrected chi connectivity index (χ4v) is 4.46. The Bertz CT molecular complexity index is 1410. The second-order valence-electron chi connectivity index (χ2n) is 7.47. The number of halogens is 1. The second-order valence-corrected chi connectivity index (χ2v) is 9.99. The largest absolute Gasteiger partial charge is 0.368 e. The van der Waals surface area contributed by atoms with E-state index in [1.807, 2.05) is 60.7 Å². The van der Waals surface area contributed by atoms with Crippen molar-refractivity contribution in [2.45, 2.75) is 4.90 Å². The van der Waals surface area contributed by atoms with Crippen LogP contribution in [0.1, 0.15) is 11.1 Å². The lowest BCUT2D eigenvalue weighted by Gasteiger charge is -2.11. The highest BCUT2D eigenvalue weighted by atomic mass is 79.9. The maximum atomic E-state index is 13.1. The highest BCUT2D eigenvalue weighted by molar-refractivity contribution is 9.10. The van der Waals surface area contributed by atoms with Gasteiger partial charge in [0.15, 0.2) is 5.82 Å². The molecule has 2 heterocycles. The van der Waals surface area contributed by atoms with Gasteiger partial charge in [0.1, 0.15) is 11.2 Å². The summed E-state index contributed by atoms with van der Waals surface area (Å²) < 4.78 is 32.2. The number of nitrogens with zero attached hydrogens (tertiary/aromatic N) is 6. The summed E-state index contributed by atoms with van der Waals surface area (Å²) in [5, 5.41) is 4.19. The number of pyridine rings is 1. The number of rotatable bonds is 7. The summed E-state index contributed by atoms with van der Waals surface area (Å²) in [4.78, 5) is 10.6. The van der Waals surface area contributed by atoms with Crippen molar-refractivity contribution in [2.24, 2.45) is 9.39 Å². The van der Waals surface area contributed by atoms with E-state index in [0.717, 1.165) is 11.1 Å². The molecule has 0 amide bonds. The van der Waals surface area contributed by atoms with E-state index in [0.29, 0.717) is 15.9 Å². The lowest BCUT2D eigenvalue weighted by atomic mass is 10.0. The molecule has 0 bridgehead atoms. The van der Waals surface area contributed by atoms with E-state index in [1.165, 1.54) is 23.3 Å². The summed E-state index contributed by atoms with van der Waals surface area (Å²) in [6.07, 6.45) is 5.92. The maximum absolute atomic E-state index is 13.1. The van der Waals surface area contributed by atoms with Crippen molar-refractivity contribution in [3.05, 3.63) is 101 Å². The van der Waals surface area contributed by atoms with Crippen molar-refractivity contribution >= 4 is 43.7 Å². The van der Waals surface area contributed by atoms with E-state index in [2.05, 4.69) is 30.4 Å². The van der Waals surface area contributed by atoms with Crippen molar-refractivity contribution < 1.29 is 8.42 Å². The molecule has 0 fully saturated rings. The second kappa shape index (κ2) is 10.1. The van der Waals surface area contributed by atoms with Crippen molar-refractivity contribution in [3.8, 4) is 5.82 Å². The average molecular weight is 537 g/mol. The molecule has 4 rings (SSSR count). The molecule has 0 saturated heterocycles. The molecule has 10 heteroatoms. The molecule has 0 atom stereocenters. The molecule has 0 aliphatic carbocycles. The smallest absolute Gasteiger partial charge is 0.287 e. The molecule has 0 radical (unpaired) electrons. The molecule has 0 saturated carbocycles. The predicted molar refractivity (Wildman–Crippen MR) is 137 cm³/mol. The zero-order chi connectivity index (χ0) is 24.1. The molecule has 0 aliphatic rings. The summed E-state index contributed by atoms with van der Waals surface area (Å²) >= 11 is 3.33. The Hall–Kier alpha value is -3.63. The van der Waals surface area contributed by atoms with Crippen LogP contribution in [0.3, 0.4) is 0 Å². The van der Waals surface area contributed by atoms with E-state index < -0.39 is 10.0 Å². The molecule has 0 unspecified atom stereocenters. The molecule has 2 aromatic heterocycles. The third kappa shape index (κ3) is 5.46. The van der Waals surface area contributed by atoms with Gasteiger partial charge in [-0.1, -0.05) is 60.7 Å². The summed E-state index contributed by atoms with van der Waals surface area (Å²) in [6.45, 7) is 0. The minimum atomic E-state index is -4.09. The van der Waals surface area contributed by atoms with E-state index in [1.54, 1.807) is 31.4 Å². The topological polar surface area (TPSA) is 92.8 Å². The van der Waals surface area contributed by atoms with Gasteiger partial charge in [0.05, 0.1) is 28.3 Å². The van der Waals surface area contributed by atoms with Crippen LogP contribution in [0, 0.1) is 0 Å². The minimum Gasteiger partial charge on any atom is -0.368 e. The molecule has 0 N–H and O–H groups in total. The normalized spacial score (nSPS) is 11.5. The highest BCUT2D eigenvalue weighted by Crippen LogP contribution is 2.27. The Labute approximate surface area is 206 Å². The molecule has 0 spiro atoms. The van der Waals surface area contributed by atoms with Crippen LogP contribution >= 0.6 is 15.9 Å². The van der Waals surface area contributed by atoms with Crippen LogP contribution in [-0.2, 0) is 10.0 Å². The van der Waals surface area contributed by atoms with E-state index in [-0.39, 0.29) is 10.7 Å². The first kappa shape index (κ1) is 23.5. The molecule has 4 aromatic rings. The number of hydrogen-bond donors (Lipinski definition) is 0. The lowest BCUT2D eigenvalue weighted by Crippen LogP contribution is -2.12. The SMILES string of the molecule is CN(C)/C=N\S(=O)(=O)c1cc(N=C(c2ccccc2)c2ccccc2)cnc1-n1cc(Br)cn1. The Morgan fingerprint density at radius 1 is 1.00 bits per heavy atom. The quantitative estimate of drug-likeness (QED) is 0.256. The Balaban J connectivity index is 1.91. The van der Waals surface area contributed by atoms with Crippen molar-refractivity contribution in [3.63, 3.8) is 0 Å². The minimum absolute atomic E-state index is 0.108. The van der Waals surface area contributed by atoms with Gasteiger partial charge in [-0.25, -0.2) is 14.7 Å². The van der Waals surface area contributed by atoms with Crippen LogP contribution in [0.5, 0.6) is 0 Å². The van der Waals surface area contributed by atoms with Gasteiger partial charge in [0, 0.05) is 31.4 Å². The monoisotopic (exact) mass is 536 g/mol. The van der Waals surface area contributed by atoms with Crippen LogP contribution in [-0.4, -0.2) is 54.2 Å². The van der Waals surface area contributed by atoms with Crippen LogP contribution in [0.25, 0.3) is 5.82 Å². The first-order valence-electron chi connectivity index (χ1n) is 10.2. The van der Waals surface area contributed by atoms with Gasteiger partial charge < -0.3 is 4.90 Å². The Kier molecular flexibility index (Phi) is 6.99. The van der Waals surface area contributed by atoms with Gasteiger partial charge in [-0.05, 0) is 22.0 Å². The molecule has 172 valence electrons. The molecular formula is C24H21BrN6O2S. The summed E-state index contributed by atoms with van der Waals surface area (Å²) in [5.74, 6) is 0.126. The fraction of sp³-hybridized carbons (Fsp3) is 0.0833. The van der Waals surface area contributed by atoms with Gasteiger partial charge in [-0.3, -0.25) is 0 Å². The number of sulfonamides is 1. The molecule has 34 heavy (non-hydrogen) atoms. The average Bonchev–Trinajstić information content (AvgIpc) is 3.28. The zero-order valence-corrected chi connectivity index (χ0v) is 20.8.